The van der Waals surface area contributed by atoms with Gasteiger partial charge in [0.05, 0.1) is 13.2 Å². The minimum absolute atomic E-state index is 0.0395. The van der Waals surface area contributed by atoms with E-state index in [1.807, 2.05) is 38.1 Å². The Morgan fingerprint density at radius 1 is 0.971 bits per heavy atom. The molecule has 0 radical (unpaired) electrons. The first kappa shape index (κ1) is 27.0. The molecular formula is C25H38N4O5. The maximum atomic E-state index is 13.1. The Kier molecular flexibility index (Phi) is 11.2. The number of hydrogen-bond donors (Lipinski definition) is 2. The monoisotopic (exact) mass is 474 g/mol. The zero-order valence-electron chi connectivity index (χ0n) is 20.6. The van der Waals surface area contributed by atoms with Crippen molar-refractivity contribution in [3.05, 3.63) is 45.1 Å². The lowest BCUT2D eigenvalue weighted by Crippen LogP contribution is -2.41. The van der Waals surface area contributed by atoms with Crippen molar-refractivity contribution in [1.82, 2.24) is 9.55 Å². The number of hydrogen-bond acceptors (Lipinski definition) is 6. The second-order valence-electron chi connectivity index (χ2n) is 8.11. The van der Waals surface area contributed by atoms with E-state index < -0.39 is 11.2 Å². The first-order chi connectivity index (χ1) is 16.4. The number of benzene rings is 1. The topological polar surface area (TPSA) is 120 Å². The maximum absolute atomic E-state index is 13.1. The Balaban J connectivity index is 2.10. The normalized spacial score (nSPS) is 10.8. The summed E-state index contributed by atoms with van der Waals surface area (Å²) in [5, 5.41) is 0. The van der Waals surface area contributed by atoms with E-state index in [0.29, 0.717) is 38.5 Å². The number of amides is 1. The standard InChI is InChI=1S/C25H38N4O5/c1-4-7-9-17-28(22-23(26)29(16-8-5-2)25(32)27-24(22)31)21(30)11-10-18-34-20-14-12-19(13-15-20)33-6-3/h12-15H,4-11,16-18,26H2,1-3H3,(H,27,31,32). The van der Waals surface area contributed by atoms with Crippen molar-refractivity contribution in [2.75, 3.05) is 30.4 Å². The quantitative estimate of drug-likeness (QED) is 0.380. The van der Waals surface area contributed by atoms with Gasteiger partial charge in [0.1, 0.15) is 17.3 Å². The fourth-order valence-electron chi connectivity index (χ4n) is 3.60. The molecule has 34 heavy (non-hydrogen) atoms. The Labute approximate surface area is 200 Å². The van der Waals surface area contributed by atoms with Crippen LogP contribution in [0.25, 0.3) is 0 Å². The number of ether oxygens (including phenoxy) is 2. The van der Waals surface area contributed by atoms with E-state index in [4.69, 9.17) is 15.2 Å². The van der Waals surface area contributed by atoms with Crippen molar-refractivity contribution in [1.29, 1.82) is 0 Å². The Morgan fingerprint density at radius 3 is 2.24 bits per heavy atom. The molecule has 9 nitrogen and oxygen atoms in total. The van der Waals surface area contributed by atoms with Gasteiger partial charge in [0.25, 0.3) is 5.56 Å². The summed E-state index contributed by atoms with van der Waals surface area (Å²) in [5.74, 6) is 1.29. The number of aromatic nitrogens is 2. The van der Waals surface area contributed by atoms with E-state index in [1.54, 1.807) is 0 Å². The van der Waals surface area contributed by atoms with Gasteiger partial charge < -0.3 is 20.1 Å². The molecule has 1 aromatic carbocycles. The van der Waals surface area contributed by atoms with E-state index in [9.17, 15) is 14.4 Å². The van der Waals surface area contributed by atoms with Crippen LogP contribution in [0.4, 0.5) is 11.5 Å². The lowest BCUT2D eigenvalue weighted by molar-refractivity contribution is -0.118. The lowest BCUT2D eigenvalue weighted by Gasteiger charge is -2.24. The van der Waals surface area contributed by atoms with Gasteiger partial charge in [-0.2, -0.15) is 0 Å². The Hall–Kier alpha value is -3.23. The highest BCUT2D eigenvalue weighted by Crippen LogP contribution is 2.21. The van der Waals surface area contributed by atoms with Crippen LogP contribution >= 0.6 is 0 Å². The molecule has 0 bridgehead atoms. The van der Waals surface area contributed by atoms with Gasteiger partial charge in [-0.05, 0) is 50.5 Å². The average molecular weight is 475 g/mol. The molecule has 2 aromatic rings. The number of aromatic amines is 1. The van der Waals surface area contributed by atoms with Crippen molar-refractivity contribution in [3.63, 3.8) is 0 Å². The van der Waals surface area contributed by atoms with E-state index in [1.165, 1.54) is 9.47 Å². The number of anilines is 2. The van der Waals surface area contributed by atoms with Crippen LogP contribution in [0.5, 0.6) is 11.5 Å². The number of rotatable bonds is 15. The summed E-state index contributed by atoms with van der Waals surface area (Å²) in [5.41, 5.74) is 5.12. The van der Waals surface area contributed by atoms with Gasteiger partial charge in [0.2, 0.25) is 5.91 Å². The Morgan fingerprint density at radius 2 is 1.62 bits per heavy atom. The van der Waals surface area contributed by atoms with Gasteiger partial charge in [-0.1, -0.05) is 33.1 Å². The first-order valence-electron chi connectivity index (χ1n) is 12.2. The molecule has 0 atom stereocenters. The third-order valence-electron chi connectivity index (χ3n) is 5.44. The zero-order valence-corrected chi connectivity index (χ0v) is 20.6. The summed E-state index contributed by atoms with van der Waals surface area (Å²) < 4.78 is 12.5. The molecule has 0 aliphatic heterocycles. The van der Waals surface area contributed by atoms with Crippen LogP contribution in [-0.4, -0.2) is 35.2 Å². The van der Waals surface area contributed by atoms with Gasteiger partial charge in [0, 0.05) is 19.5 Å². The number of nitrogens with one attached hydrogen (secondary N) is 1. The fourth-order valence-corrected chi connectivity index (χ4v) is 3.60. The molecule has 1 amide bonds. The van der Waals surface area contributed by atoms with E-state index >= 15 is 0 Å². The molecule has 0 fully saturated rings. The second kappa shape index (κ2) is 14.1. The molecule has 1 aromatic heterocycles. The highest BCUT2D eigenvalue weighted by Gasteiger charge is 2.23. The van der Waals surface area contributed by atoms with Crippen molar-refractivity contribution < 1.29 is 14.3 Å². The van der Waals surface area contributed by atoms with Crippen LogP contribution in [0.2, 0.25) is 0 Å². The van der Waals surface area contributed by atoms with Crippen molar-refractivity contribution >= 4 is 17.4 Å². The van der Waals surface area contributed by atoms with Gasteiger partial charge in [-0.15, -0.1) is 0 Å². The molecular weight excluding hydrogens is 436 g/mol. The average Bonchev–Trinajstić information content (AvgIpc) is 2.81. The maximum Gasteiger partial charge on any atom is 0.330 e. The molecule has 0 aliphatic rings. The number of nitrogens with two attached hydrogens (primary N) is 1. The molecule has 0 aliphatic carbocycles. The predicted molar refractivity (Wildman–Crippen MR) is 135 cm³/mol. The molecule has 3 N–H and O–H groups in total. The first-order valence-corrected chi connectivity index (χ1v) is 12.2. The van der Waals surface area contributed by atoms with Crippen molar-refractivity contribution in [3.8, 4) is 11.5 Å². The van der Waals surface area contributed by atoms with Crippen LogP contribution < -0.4 is 31.4 Å². The van der Waals surface area contributed by atoms with E-state index in [2.05, 4.69) is 11.9 Å². The summed E-state index contributed by atoms with van der Waals surface area (Å²) in [6.45, 7) is 7.70. The summed E-state index contributed by atoms with van der Waals surface area (Å²) in [7, 11) is 0. The summed E-state index contributed by atoms with van der Waals surface area (Å²) in [6, 6.07) is 7.32. The Bertz CT molecular complexity index is 1010. The fraction of sp³-hybridized carbons (Fsp3) is 0.560. The smallest absolute Gasteiger partial charge is 0.330 e. The number of carbonyl (C=O) groups excluding carboxylic acids is 1. The van der Waals surface area contributed by atoms with Crippen molar-refractivity contribution in [2.45, 2.75) is 72.3 Å². The number of carbonyl (C=O) groups is 1. The number of nitrogens with zero attached hydrogens (tertiary/aromatic N) is 2. The van der Waals surface area contributed by atoms with Gasteiger partial charge in [-0.3, -0.25) is 19.1 Å². The molecule has 9 heteroatoms. The molecule has 188 valence electrons. The summed E-state index contributed by atoms with van der Waals surface area (Å²) >= 11 is 0. The highest BCUT2D eigenvalue weighted by molar-refractivity contribution is 5.95. The lowest BCUT2D eigenvalue weighted by atomic mass is 10.2. The van der Waals surface area contributed by atoms with Crippen LogP contribution in [0.1, 0.15) is 65.7 Å². The predicted octanol–water partition coefficient (Wildman–Crippen LogP) is 3.70. The SMILES string of the molecule is CCCCCN(C(=O)CCCOc1ccc(OCC)cc1)c1c(N)n(CCCC)c(=O)[nH]c1=O. The molecule has 0 saturated heterocycles. The van der Waals surface area contributed by atoms with Crippen LogP contribution in [0, 0.1) is 0 Å². The minimum Gasteiger partial charge on any atom is -0.494 e. The van der Waals surface area contributed by atoms with Crippen molar-refractivity contribution in [2.24, 2.45) is 0 Å². The molecule has 0 spiro atoms. The highest BCUT2D eigenvalue weighted by atomic mass is 16.5. The van der Waals surface area contributed by atoms with Gasteiger partial charge in [0.15, 0.2) is 5.69 Å². The summed E-state index contributed by atoms with van der Waals surface area (Å²) in [6.07, 6.45) is 4.89. The summed E-state index contributed by atoms with van der Waals surface area (Å²) in [4.78, 5) is 41.9. The van der Waals surface area contributed by atoms with E-state index in [0.717, 1.165) is 37.9 Å². The number of nitrogen functional groups attached to an aromatic ring is 1. The number of unbranched alkanes of at least 4 members (excludes halogenated alkanes) is 3. The largest absolute Gasteiger partial charge is 0.494 e. The van der Waals surface area contributed by atoms with Crippen LogP contribution in [0.3, 0.4) is 0 Å². The molecule has 2 rings (SSSR count). The zero-order chi connectivity index (χ0) is 24.9. The van der Waals surface area contributed by atoms with Gasteiger partial charge in [-0.25, -0.2) is 4.79 Å². The second-order valence-corrected chi connectivity index (χ2v) is 8.11. The van der Waals surface area contributed by atoms with Crippen LogP contribution in [0.15, 0.2) is 33.9 Å². The van der Waals surface area contributed by atoms with Crippen LogP contribution in [-0.2, 0) is 11.3 Å². The van der Waals surface area contributed by atoms with Gasteiger partial charge >= 0.3 is 5.69 Å². The van der Waals surface area contributed by atoms with E-state index in [-0.39, 0.29) is 23.8 Å². The third-order valence-corrected chi connectivity index (χ3v) is 5.44. The molecule has 1 heterocycles. The minimum atomic E-state index is -0.634. The molecule has 0 unspecified atom stereocenters. The number of H-pyrrole nitrogens is 1. The third kappa shape index (κ3) is 7.67. The molecule has 0 saturated carbocycles.